The number of rotatable bonds is 11. The highest BCUT2D eigenvalue weighted by Crippen LogP contribution is 2.09. The third kappa shape index (κ3) is 17.5. The lowest BCUT2D eigenvalue weighted by Crippen LogP contribution is -2.23. The van der Waals surface area contributed by atoms with E-state index in [4.69, 9.17) is 0 Å². The average molecular weight is 265 g/mol. The van der Waals surface area contributed by atoms with Crippen molar-refractivity contribution in [1.82, 2.24) is 5.32 Å². The van der Waals surface area contributed by atoms with Crippen LogP contribution in [0, 0.1) is 17.8 Å². The number of hydrogen-bond donors (Lipinski definition) is 1. The fraction of sp³-hybridized carbons (Fsp3) is 0.889. The molecule has 0 aromatic carbocycles. The molecule has 19 heavy (non-hydrogen) atoms. The van der Waals surface area contributed by atoms with Gasteiger partial charge in [0.25, 0.3) is 0 Å². The van der Waals surface area contributed by atoms with Crippen LogP contribution in [0.1, 0.15) is 85.5 Å². The first-order chi connectivity index (χ1) is 9.13. The summed E-state index contributed by atoms with van der Waals surface area (Å²) in [6, 6.07) is 0.638. The van der Waals surface area contributed by atoms with Crippen molar-refractivity contribution >= 4 is 0 Å². The molecule has 0 saturated carbocycles. The second-order valence-electron chi connectivity index (χ2n) is 6.16. The van der Waals surface area contributed by atoms with Crippen molar-refractivity contribution in [2.45, 2.75) is 91.5 Å². The quantitative estimate of drug-likeness (QED) is 0.402. The Kier molecular flexibility index (Phi) is 13.6. The van der Waals surface area contributed by atoms with E-state index in [-0.39, 0.29) is 0 Å². The molecule has 0 aromatic heterocycles. The van der Waals surface area contributed by atoms with E-state index in [9.17, 15) is 0 Å². The summed E-state index contributed by atoms with van der Waals surface area (Å²) in [4.78, 5) is 0. The topological polar surface area (TPSA) is 12.0 Å². The van der Waals surface area contributed by atoms with E-state index in [0.29, 0.717) is 12.0 Å². The van der Waals surface area contributed by atoms with Gasteiger partial charge in [0.2, 0.25) is 0 Å². The average Bonchev–Trinajstić information content (AvgIpc) is 2.34. The predicted molar refractivity (Wildman–Crippen MR) is 87.3 cm³/mol. The fourth-order valence-electron chi connectivity index (χ4n) is 2.07. The molecule has 0 aliphatic rings. The van der Waals surface area contributed by atoms with E-state index in [0.717, 1.165) is 6.42 Å². The van der Waals surface area contributed by atoms with Gasteiger partial charge in [-0.2, -0.15) is 0 Å². The molecule has 0 radical (unpaired) electrons. The lowest BCUT2D eigenvalue weighted by atomic mass is 10.1. The molecular formula is C18H35N. The largest absolute Gasteiger partial charge is 0.315 e. The monoisotopic (exact) mass is 265 g/mol. The van der Waals surface area contributed by atoms with Crippen molar-refractivity contribution in [3.8, 4) is 11.8 Å². The second-order valence-corrected chi connectivity index (χ2v) is 6.16. The molecule has 0 unspecified atom stereocenters. The van der Waals surface area contributed by atoms with Crippen LogP contribution in [0.4, 0.5) is 0 Å². The number of unbranched alkanes of at least 4 members (excludes halogenated alkanes) is 8. The van der Waals surface area contributed by atoms with Crippen LogP contribution >= 0.6 is 0 Å². The molecule has 1 N–H and O–H groups in total. The van der Waals surface area contributed by atoms with Gasteiger partial charge in [0.05, 0.1) is 0 Å². The third-order valence-electron chi connectivity index (χ3n) is 3.17. The second kappa shape index (κ2) is 13.9. The van der Waals surface area contributed by atoms with Gasteiger partial charge in [-0.1, -0.05) is 66.2 Å². The van der Waals surface area contributed by atoms with E-state index in [1.54, 1.807) is 0 Å². The van der Waals surface area contributed by atoms with Gasteiger partial charge in [0, 0.05) is 18.4 Å². The summed E-state index contributed by atoms with van der Waals surface area (Å²) in [5, 5.41) is 3.47. The highest BCUT2D eigenvalue weighted by Gasteiger charge is 1.94. The van der Waals surface area contributed by atoms with Crippen molar-refractivity contribution in [2.24, 2.45) is 5.92 Å². The Morgan fingerprint density at radius 1 is 0.737 bits per heavy atom. The lowest BCUT2D eigenvalue weighted by Gasteiger charge is -2.07. The number of nitrogens with one attached hydrogen (secondary N) is 1. The highest BCUT2D eigenvalue weighted by atomic mass is 14.9. The van der Waals surface area contributed by atoms with E-state index in [1.807, 2.05) is 0 Å². The van der Waals surface area contributed by atoms with Crippen molar-refractivity contribution in [3.05, 3.63) is 0 Å². The Hall–Kier alpha value is -0.480. The molecule has 0 aliphatic carbocycles. The Balaban J connectivity index is 3.06. The van der Waals surface area contributed by atoms with Crippen LogP contribution in [0.2, 0.25) is 0 Å². The first kappa shape index (κ1) is 18.5. The zero-order valence-electron chi connectivity index (χ0n) is 13.7. The van der Waals surface area contributed by atoms with Crippen molar-refractivity contribution in [3.63, 3.8) is 0 Å². The van der Waals surface area contributed by atoms with Crippen LogP contribution in [0.5, 0.6) is 0 Å². The molecular weight excluding hydrogens is 230 g/mol. The minimum atomic E-state index is 0.533. The molecule has 0 aliphatic heterocycles. The Bertz CT molecular complexity index is 232. The standard InChI is InChI=1S/C18H35N/c1-17(2)15-13-11-9-7-5-6-8-10-12-14-16-19-18(3)4/h17-19H,5-12,14,16H2,1-4H3. The maximum Gasteiger partial charge on any atom is 0.0146 e. The molecule has 0 heterocycles. The van der Waals surface area contributed by atoms with E-state index in [1.165, 1.54) is 57.9 Å². The maximum atomic E-state index is 3.47. The lowest BCUT2D eigenvalue weighted by molar-refractivity contribution is 0.527. The minimum Gasteiger partial charge on any atom is -0.315 e. The van der Waals surface area contributed by atoms with E-state index >= 15 is 0 Å². The molecule has 0 spiro atoms. The predicted octanol–water partition coefficient (Wildman–Crippen LogP) is 5.15. The highest BCUT2D eigenvalue weighted by molar-refractivity contribution is 5.00. The molecule has 0 bridgehead atoms. The Morgan fingerprint density at radius 3 is 1.79 bits per heavy atom. The summed E-state index contributed by atoms with van der Waals surface area (Å²) in [6.07, 6.45) is 12.1. The molecule has 1 nitrogen and oxygen atoms in total. The zero-order valence-corrected chi connectivity index (χ0v) is 13.7. The maximum absolute atomic E-state index is 3.47. The van der Waals surface area contributed by atoms with Gasteiger partial charge in [0.15, 0.2) is 0 Å². The first-order valence-corrected chi connectivity index (χ1v) is 8.34. The van der Waals surface area contributed by atoms with Gasteiger partial charge in [-0.3, -0.25) is 0 Å². The molecule has 0 atom stereocenters. The van der Waals surface area contributed by atoms with Crippen LogP contribution in [0.3, 0.4) is 0 Å². The van der Waals surface area contributed by atoms with E-state index < -0.39 is 0 Å². The molecule has 0 fully saturated rings. The first-order valence-electron chi connectivity index (χ1n) is 8.34. The van der Waals surface area contributed by atoms with Crippen LogP contribution in [0.15, 0.2) is 0 Å². The summed E-state index contributed by atoms with van der Waals surface area (Å²) in [5.41, 5.74) is 0. The molecule has 0 aromatic rings. The molecule has 0 rings (SSSR count). The number of hydrogen-bond acceptors (Lipinski definition) is 1. The Morgan fingerprint density at radius 2 is 1.26 bits per heavy atom. The van der Waals surface area contributed by atoms with Gasteiger partial charge < -0.3 is 5.32 Å². The molecule has 0 amide bonds. The normalized spacial score (nSPS) is 10.8. The van der Waals surface area contributed by atoms with Gasteiger partial charge in [-0.25, -0.2) is 0 Å². The molecule has 0 saturated heterocycles. The van der Waals surface area contributed by atoms with E-state index in [2.05, 4.69) is 44.9 Å². The van der Waals surface area contributed by atoms with Crippen molar-refractivity contribution in [1.29, 1.82) is 0 Å². The van der Waals surface area contributed by atoms with Crippen LogP contribution in [0.25, 0.3) is 0 Å². The third-order valence-corrected chi connectivity index (χ3v) is 3.17. The Labute approximate surface area is 121 Å². The smallest absolute Gasteiger partial charge is 0.0146 e. The van der Waals surface area contributed by atoms with Crippen molar-refractivity contribution in [2.75, 3.05) is 6.54 Å². The summed E-state index contributed by atoms with van der Waals surface area (Å²) in [5.74, 6) is 7.02. The summed E-state index contributed by atoms with van der Waals surface area (Å²) < 4.78 is 0. The van der Waals surface area contributed by atoms with Gasteiger partial charge in [-0.15, -0.1) is 11.8 Å². The van der Waals surface area contributed by atoms with Gasteiger partial charge in [-0.05, 0) is 19.4 Å². The fourth-order valence-corrected chi connectivity index (χ4v) is 2.07. The molecule has 1 heteroatoms. The van der Waals surface area contributed by atoms with Gasteiger partial charge in [0.1, 0.15) is 0 Å². The molecule has 112 valence electrons. The van der Waals surface area contributed by atoms with Crippen LogP contribution in [-0.2, 0) is 0 Å². The summed E-state index contributed by atoms with van der Waals surface area (Å²) in [6.45, 7) is 9.93. The van der Waals surface area contributed by atoms with Crippen molar-refractivity contribution < 1.29 is 0 Å². The summed E-state index contributed by atoms with van der Waals surface area (Å²) in [7, 11) is 0. The zero-order chi connectivity index (χ0) is 14.3. The SMILES string of the molecule is CC(C)C#CCCCCCCCCCCNC(C)C. The van der Waals surface area contributed by atoms with Crippen LogP contribution < -0.4 is 5.32 Å². The van der Waals surface area contributed by atoms with Crippen LogP contribution in [-0.4, -0.2) is 12.6 Å². The minimum absolute atomic E-state index is 0.533. The van der Waals surface area contributed by atoms with Gasteiger partial charge >= 0.3 is 0 Å². The summed E-state index contributed by atoms with van der Waals surface area (Å²) >= 11 is 0.